The number of rotatable bonds is 2. The Morgan fingerprint density at radius 3 is 2.37 bits per heavy atom. The van der Waals surface area contributed by atoms with E-state index < -0.39 is 5.91 Å². The Hall–Kier alpha value is -2.01. The van der Waals surface area contributed by atoms with Gasteiger partial charge in [-0.25, -0.2) is 0 Å². The van der Waals surface area contributed by atoms with Gasteiger partial charge in [0, 0.05) is 4.47 Å². The molecule has 3 N–H and O–H groups in total. The molecule has 0 aliphatic heterocycles. The Bertz CT molecular complexity index is 620. The van der Waals surface area contributed by atoms with Crippen molar-refractivity contribution in [2.45, 2.75) is 6.92 Å². The fourth-order valence-electron chi connectivity index (χ4n) is 1.67. The zero-order valence-corrected chi connectivity index (χ0v) is 11.7. The van der Waals surface area contributed by atoms with Crippen molar-refractivity contribution in [3.05, 3.63) is 52.0 Å². The number of hydrogen-bond donors (Lipinski definition) is 3. The summed E-state index contributed by atoms with van der Waals surface area (Å²) in [6.45, 7) is 1.94. The summed E-state index contributed by atoms with van der Waals surface area (Å²) in [7, 11) is 0. The van der Waals surface area contributed by atoms with Crippen LogP contribution in [-0.4, -0.2) is 16.1 Å². The monoisotopic (exact) mass is 321 g/mol. The van der Waals surface area contributed by atoms with Crippen molar-refractivity contribution < 1.29 is 15.0 Å². The second kappa shape index (κ2) is 5.32. The predicted octanol–water partition coefficient (Wildman–Crippen LogP) is 3.42. The van der Waals surface area contributed by atoms with Gasteiger partial charge in [-0.2, -0.15) is 0 Å². The molecule has 5 heteroatoms. The molecule has 0 unspecified atom stereocenters. The van der Waals surface area contributed by atoms with Crippen LogP contribution in [0.3, 0.4) is 0 Å². The van der Waals surface area contributed by atoms with Gasteiger partial charge in [0.25, 0.3) is 5.91 Å². The van der Waals surface area contributed by atoms with Gasteiger partial charge in [0.15, 0.2) is 0 Å². The van der Waals surface area contributed by atoms with Gasteiger partial charge < -0.3 is 15.5 Å². The molecule has 0 radical (unpaired) electrons. The molecule has 0 saturated heterocycles. The number of hydrogen-bond acceptors (Lipinski definition) is 3. The van der Waals surface area contributed by atoms with Crippen LogP contribution in [0.5, 0.6) is 11.5 Å². The maximum Gasteiger partial charge on any atom is 0.263 e. The quantitative estimate of drug-likeness (QED) is 0.793. The average molecular weight is 322 g/mol. The van der Waals surface area contributed by atoms with Crippen molar-refractivity contribution in [2.24, 2.45) is 0 Å². The number of phenols is 2. The summed E-state index contributed by atoms with van der Waals surface area (Å²) in [5.74, 6) is -1.10. The van der Waals surface area contributed by atoms with Crippen LogP contribution in [0.15, 0.2) is 40.9 Å². The van der Waals surface area contributed by atoms with Gasteiger partial charge in [-0.15, -0.1) is 0 Å². The number of aryl methyl sites for hydroxylation is 1. The highest BCUT2D eigenvalue weighted by molar-refractivity contribution is 9.10. The SMILES string of the molecule is Cc1ccc(NC(=O)c2c(O)cccc2O)c(Br)c1. The molecule has 19 heavy (non-hydrogen) atoms. The molecule has 0 bridgehead atoms. The predicted molar refractivity (Wildman–Crippen MR) is 76.6 cm³/mol. The van der Waals surface area contributed by atoms with E-state index in [9.17, 15) is 15.0 Å². The molecular formula is C14H12BrNO3. The van der Waals surface area contributed by atoms with Crippen LogP contribution in [0.1, 0.15) is 15.9 Å². The van der Waals surface area contributed by atoms with Crippen LogP contribution in [0.4, 0.5) is 5.69 Å². The van der Waals surface area contributed by atoms with Crippen LogP contribution in [-0.2, 0) is 0 Å². The lowest BCUT2D eigenvalue weighted by molar-refractivity contribution is 0.102. The fourth-order valence-corrected chi connectivity index (χ4v) is 2.26. The summed E-state index contributed by atoms with van der Waals surface area (Å²) in [6.07, 6.45) is 0. The molecule has 0 heterocycles. The lowest BCUT2D eigenvalue weighted by Gasteiger charge is -2.10. The van der Waals surface area contributed by atoms with E-state index >= 15 is 0 Å². The summed E-state index contributed by atoms with van der Waals surface area (Å²) in [4.78, 5) is 12.0. The van der Waals surface area contributed by atoms with Gasteiger partial charge in [0.2, 0.25) is 0 Å². The van der Waals surface area contributed by atoms with Crippen molar-refractivity contribution in [2.75, 3.05) is 5.32 Å². The first-order valence-electron chi connectivity index (χ1n) is 5.57. The van der Waals surface area contributed by atoms with Crippen molar-refractivity contribution in [1.82, 2.24) is 0 Å². The number of aromatic hydroxyl groups is 2. The Kier molecular flexibility index (Phi) is 3.76. The van der Waals surface area contributed by atoms with E-state index in [0.29, 0.717) is 5.69 Å². The number of carbonyl (C=O) groups is 1. The molecule has 2 aromatic rings. The number of amides is 1. The summed E-state index contributed by atoms with van der Waals surface area (Å²) in [5.41, 5.74) is 1.48. The third-order valence-electron chi connectivity index (χ3n) is 2.62. The van der Waals surface area contributed by atoms with Crippen LogP contribution in [0.2, 0.25) is 0 Å². The molecule has 2 aromatic carbocycles. The van der Waals surface area contributed by atoms with E-state index in [2.05, 4.69) is 21.2 Å². The first kappa shape index (κ1) is 13.4. The number of halogens is 1. The maximum absolute atomic E-state index is 12.0. The molecule has 0 aromatic heterocycles. The average Bonchev–Trinajstić information content (AvgIpc) is 2.32. The van der Waals surface area contributed by atoms with E-state index in [-0.39, 0.29) is 17.1 Å². The molecule has 98 valence electrons. The number of phenolic OH excluding ortho intramolecular Hbond substituents is 2. The van der Waals surface area contributed by atoms with Crippen LogP contribution < -0.4 is 5.32 Å². The number of nitrogens with one attached hydrogen (secondary N) is 1. The summed E-state index contributed by atoms with van der Waals surface area (Å²) < 4.78 is 0.732. The molecule has 0 saturated carbocycles. The maximum atomic E-state index is 12.0. The van der Waals surface area contributed by atoms with E-state index in [1.165, 1.54) is 18.2 Å². The van der Waals surface area contributed by atoms with E-state index in [1.54, 1.807) is 6.07 Å². The smallest absolute Gasteiger partial charge is 0.263 e. The molecule has 0 atom stereocenters. The summed E-state index contributed by atoms with van der Waals surface area (Å²) in [6, 6.07) is 9.61. The minimum absolute atomic E-state index is 0.144. The highest BCUT2D eigenvalue weighted by atomic mass is 79.9. The Balaban J connectivity index is 2.31. The minimum Gasteiger partial charge on any atom is -0.507 e. The normalized spacial score (nSPS) is 10.2. The summed E-state index contributed by atoms with van der Waals surface area (Å²) >= 11 is 3.35. The highest BCUT2D eigenvalue weighted by Crippen LogP contribution is 2.29. The Morgan fingerprint density at radius 2 is 1.79 bits per heavy atom. The zero-order valence-electron chi connectivity index (χ0n) is 10.1. The van der Waals surface area contributed by atoms with E-state index in [1.807, 2.05) is 19.1 Å². The van der Waals surface area contributed by atoms with Gasteiger partial charge in [-0.1, -0.05) is 12.1 Å². The molecule has 4 nitrogen and oxygen atoms in total. The van der Waals surface area contributed by atoms with Crippen LogP contribution >= 0.6 is 15.9 Å². The van der Waals surface area contributed by atoms with Gasteiger partial charge in [-0.05, 0) is 52.7 Å². The fraction of sp³-hybridized carbons (Fsp3) is 0.0714. The minimum atomic E-state index is -0.569. The highest BCUT2D eigenvalue weighted by Gasteiger charge is 2.16. The van der Waals surface area contributed by atoms with Crippen molar-refractivity contribution in [3.8, 4) is 11.5 Å². The third kappa shape index (κ3) is 2.88. The summed E-state index contributed by atoms with van der Waals surface area (Å²) in [5, 5.41) is 21.9. The zero-order chi connectivity index (χ0) is 14.0. The standard InChI is InChI=1S/C14H12BrNO3/c1-8-5-6-10(9(15)7-8)16-14(19)13-11(17)3-2-4-12(13)18/h2-7,17-18H,1H3,(H,16,19). The largest absolute Gasteiger partial charge is 0.507 e. The first-order chi connectivity index (χ1) is 8.99. The molecule has 0 spiro atoms. The van der Waals surface area contributed by atoms with Gasteiger partial charge in [0.05, 0.1) is 5.69 Å². The first-order valence-corrected chi connectivity index (χ1v) is 6.37. The second-order valence-corrected chi connectivity index (χ2v) is 4.96. The van der Waals surface area contributed by atoms with Gasteiger partial charge >= 0.3 is 0 Å². The van der Waals surface area contributed by atoms with Gasteiger partial charge in [0.1, 0.15) is 17.1 Å². The van der Waals surface area contributed by atoms with Crippen LogP contribution in [0.25, 0.3) is 0 Å². The Morgan fingerprint density at radius 1 is 1.16 bits per heavy atom. The number of benzene rings is 2. The molecule has 0 fully saturated rings. The van der Waals surface area contributed by atoms with Crippen molar-refractivity contribution in [3.63, 3.8) is 0 Å². The van der Waals surface area contributed by atoms with Crippen LogP contribution in [0, 0.1) is 6.92 Å². The molecule has 0 aliphatic rings. The Labute approximate surface area is 118 Å². The number of carbonyl (C=O) groups excluding carboxylic acids is 1. The second-order valence-electron chi connectivity index (χ2n) is 4.11. The lowest BCUT2D eigenvalue weighted by atomic mass is 10.1. The molecular weight excluding hydrogens is 310 g/mol. The molecule has 2 rings (SSSR count). The third-order valence-corrected chi connectivity index (χ3v) is 3.28. The molecule has 0 aliphatic carbocycles. The van der Waals surface area contributed by atoms with E-state index in [4.69, 9.17) is 0 Å². The topological polar surface area (TPSA) is 69.6 Å². The van der Waals surface area contributed by atoms with E-state index in [0.717, 1.165) is 10.0 Å². The van der Waals surface area contributed by atoms with Gasteiger partial charge in [-0.3, -0.25) is 4.79 Å². The van der Waals surface area contributed by atoms with Crippen molar-refractivity contribution in [1.29, 1.82) is 0 Å². The number of anilines is 1. The lowest BCUT2D eigenvalue weighted by Crippen LogP contribution is -2.12. The molecule has 1 amide bonds. The van der Waals surface area contributed by atoms with Crippen molar-refractivity contribution >= 4 is 27.5 Å².